The van der Waals surface area contributed by atoms with E-state index in [4.69, 9.17) is 0 Å². The second-order valence-electron chi connectivity index (χ2n) is 6.21. The van der Waals surface area contributed by atoms with Crippen molar-refractivity contribution in [2.75, 3.05) is 19.6 Å². The predicted molar refractivity (Wildman–Crippen MR) is 105 cm³/mol. The molecule has 2 heteroatoms. The highest BCUT2D eigenvalue weighted by Gasteiger charge is 2.25. The van der Waals surface area contributed by atoms with Crippen LogP contribution in [0.3, 0.4) is 0 Å². The molecule has 0 radical (unpaired) electrons. The monoisotopic (exact) mass is 335 g/mol. The Bertz CT molecular complexity index is 651. The van der Waals surface area contributed by atoms with Gasteiger partial charge in [-0.3, -0.25) is 4.90 Å². The Labute approximate surface area is 150 Å². The van der Waals surface area contributed by atoms with E-state index >= 15 is 0 Å². The van der Waals surface area contributed by atoms with E-state index < -0.39 is 0 Å². The molecule has 0 spiro atoms. The Balaban J connectivity index is 1.75. The average Bonchev–Trinajstić information content (AvgIpc) is 2.61. The van der Waals surface area contributed by atoms with Crippen LogP contribution in [0, 0.1) is 0 Å². The van der Waals surface area contributed by atoms with E-state index in [0.717, 1.165) is 19.6 Å². The molecule has 1 aliphatic heterocycles. The van der Waals surface area contributed by atoms with Crippen molar-refractivity contribution in [3.63, 3.8) is 0 Å². The number of hydrogen-bond acceptors (Lipinski definition) is 2. The Hall–Kier alpha value is -1.77. The fourth-order valence-corrected chi connectivity index (χ4v) is 4.65. The summed E-state index contributed by atoms with van der Waals surface area (Å²) >= 11 is 1.91. The lowest BCUT2D eigenvalue weighted by atomic mass is 9.87. The Morgan fingerprint density at radius 3 is 1.96 bits per heavy atom. The molecular formula is C22H25NS. The van der Waals surface area contributed by atoms with Gasteiger partial charge < -0.3 is 0 Å². The molecule has 3 rings (SSSR count). The summed E-state index contributed by atoms with van der Waals surface area (Å²) < 4.78 is 0. The second-order valence-corrected chi connectivity index (χ2v) is 7.29. The lowest BCUT2D eigenvalue weighted by Crippen LogP contribution is -2.25. The van der Waals surface area contributed by atoms with Crippen LogP contribution < -0.4 is 0 Å². The van der Waals surface area contributed by atoms with Gasteiger partial charge in [0.05, 0.1) is 0 Å². The predicted octanol–water partition coefficient (Wildman–Crippen LogP) is 5.74. The van der Waals surface area contributed by atoms with Gasteiger partial charge in [-0.1, -0.05) is 60.3 Å². The summed E-state index contributed by atoms with van der Waals surface area (Å²) in [6.07, 6.45) is 6.32. The summed E-state index contributed by atoms with van der Waals surface area (Å²) in [5.41, 5.74) is 2.97. The first-order valence-corrected chi connectivity index (χ1v) is 9.45. The summed E-state index contributed by atoms with van der Waals surface area (Å²) in [6.45, 7) is 10.7. The zero-order valence-corrected chi connectivity index (χ0v) is 15.0. The van der Waals surface area contributed by atoms with E-state index in [2.05, 4.69) is 66.6 Å². The lowest BCUT2D eigenvalue weighted by Gasteiger charge is -2.28. The van der Waals surface area contributed by atoms with Gasteiger partial charge in [0.1, 0.15) is 0 Å². The van der Waals surface area contributed by atoms with Crippen molar-refractivity contribution in [1.29, 1.82) is 0 Å². The molecule has 0 aliphatic carbocycles. The van der Waals surface area contributed by atoms with Crippen molar-refractivity contribution in [1.82, 2.24) is 4.90 Å². The maximum atomic E-state index is 3.86. The fourth-order valence-electron chi connectivity index (χ4n) is 3.46. The van der Waals surface area contributed by atoms with Gasteiger partial charge in [0.25, 0.3) is 0 Å². The molecule has 24 heavy (non-hydrogen) atoms. The van der Waals surface area contributed by atoms with Gasteiger partial charge in [0.15, 0.2) is 0 Å². The van der Waals surface area contributed by atoms with Gasteiger partial charge in [-0.15, -0.1) is 13.2 Å². The third-order valence-electron chi connectivity index (χ3n) is 4.55. The van der Waals surface area contributed by atoms with Crippen LogP contribution in [-0.4, -0.2) is 24.5 Å². The first kappa shape index (κ1) is 17.1. The van der Waals surface area contributed by atoms with Crippen LogP contribution in [-0.2, 0) is 0 Å². The Morgan fingerprint density at radius 2 is 1.42 bits per heavy atom. The molecule has 0 fully saturated rings. The zero-order valence-electron chi connectivity index (χ0n) is 14.2. The van der Waals surface area contributed by atoms with Crippen LogP contribution in [0.1, 0.15) is 29.9 Å². The minimum atomic E-state index is 0.507. The zero-order chi connectivity index (χ0) is 16.8. The van der Waals surface area contributed by atoms with Gasteiger partial charge in [-0.2, -0.15) is 0 Å². The molecule has 0 aromatic heterocycles. The SMILES string of the molecule is C=CCN(CC=C)CCCC1c2ccccc2Sc2ccccc21. The highest BCUT2D eigenvalue weighted by atomic mass is 32.2. The van der Waals surface area contributed by atoms with Crippen molar-refractivity contribution in [2.45, 2.75) is 28.6 Å². The minimum Gasteiger partial charge on any atom is -0.296 e. The first-order valence-electron chi connectivity index (χ1n) is 8.63. The standard InChI is InChI=1S/C22H25NS/c1-3-15-23(16-4-2)17-9-12-18-19-10-5-7-13-21(19)24-22-14-8-6-11-20(18)22/h3-8,10-11,13-14,18H,1-2,9,12,15-17H2. The van der Waals surface area contributed by atoms with Crippen LogP contribution in [0.15, 0.2) is 83.6 Å². The summed E-state index contributed by atoms with van der Waals surface area (Å²) in [4.78, 5) is 5.22. The molecule has 0 unspecified atom stereocenters. The number of rotatable bonds is 8. The van der Waals surface area contributed by atoms with Crippen LogP contribution in [0.5, 0.6) is 0 Å². The topological polar surface area (TPSA) is 3.24 Å². The average molecular weight is 336 g/mol. The minimum absolute atomic E-state index is 0.507. The molecule has 0 atom stereocenters. The fraction of sp³-hybridized carbons (Fsp3) is 0.273. The molecule has 0 saturated heterocycles. The van der Waals surface area contributed by atoms with E-state index in [1.807, 2.05) is 23.9 Å². The normalized spacial score (nSPS) is 13.4. The molecule has 0 bridgehead atoms. The van der Waals surface area contributed by atoms with E-state index in [0.29, 0.717) is 5.92 Å². The molecule has 124 valence electrons. The molecule has 2 aromatic rings. The van der Waals surface area contributed by atoms with Crippen molar-refractivity contribution in [3.8, 4) is 0 Å². The lowest BCUT2D eigenvalue weighted by molar-refractivity contribution is 0.323. The number of fused-ring (bicyclic) bond motifs is 2. The third kappa shape index (κ3) is 3.82. The third-order valence-corrected chi connectivity index (χ3v) is 5.73. The largest absolute Gasteiger partial charge is 0.296 e. The van der Waals surface area contributed by atoms with Gasteiger partial charge in [0.2, 0.25) is 0 Å². The Kier molecular flexibility index (Phi) is 5.95. The maximum absolute atomic E-state index is 3.86. The van der Waals surface area contributed by atoms with E-state index in [9.17, 15) is 0 Å². The van der Waals surface area contributed by atoms with Crippen molar-refractivity contribution < 1.29 is 0 Å². The van der Waals surface area contributed by atoms with Crippen molar-refractivity contribution in [2.24, 2.45) is 0 Å². The molecule has 1 aliphatic rings. The van der Waals surface area contributed by atoms with Crippen LogP contribution in [0.4, 0.5) is 0 Å². The van der Waals surface area contributed by atoms with Crippen molar-refractivity contribution in [3.05, 3.63) is 85.0 Å². The quantitative estimate of drug-likeness (QED) is 0.566. The molecule has 0 amide bonds. The van der Waals surface area contributed by atoms with Crippen molar-refractivity contribution >= 4 is 11.8 Å². The number of benzene rings is 2. The van der Waals surface area contributed by atoms with E-state index in [1.54, 1.807) is 0 Å². The van der Waals surface area contributed by atoms with Gasteiger partial charge in [-0.05, 0) is 42.6 Å². The first-order chi connectivity index (χ1) is 11.8. The molecular weight excluding hydrogens is 310 g/mol. The van der Waals surface area contributed by atoms with Gasteiger partial charge in [-0.25, -0.2) is 0 Å². The molecule has 1 heterocycles. The van der Waals surface area contributed by atoms with Crippen LogP contribution in [0.25, 0.3) is 0 Å². The molecule has 0 saturated carbocycles. The smallest absolute Gasteiger partial charge is 0.0163 e. The number of nitrogens with zero attached hydrogens (tertiary/aromatic N) is 1. The maximum Gasteiger partial charge on any atom is 0.0163 e. The second kappa shape index (κ2) is 8.36. The molecule has 2 aromatic carbocycles. The van der Waals surface area contributed by atoms with E-state index in [-0.39, 0.29) is 0 Å². The Morgan fingerprint density at radius 1 is 0.875 bits per heavy atom. The highest BCUT2D eigenvalue weighted by molar-refractivity contribution is 7.99. The summed E-state index contributed by atoms with van der Waals surface area (Å²) in [5, 5.41) is 0. The summed E-state index contributed by atoms with van der Waals surface area (Å²) in [5.74, 6) is 0.507. The van der Waals surface area contributed by atoms with Gasteiger partial charge >= 0.3 is 0 Å². The highest BCUT2D eigenvalue weighted by Crippen LogP contribution is 2.47. The summed E-state index contributed by atoms with van der Waals surface area (Å²) in [7, 11) is 0. The van der Waals surface area contributed by atoms with Crippen LogP contribution >= 0.6 is 11.8 Å². The summed E-state index contributed by atoms with van der Waals surface area (Å²) in [6, 6.07) is 17.7. The van der Waals surface area contributed by atoms with E-state index in [1.165, 1.54) is 33.8 Å². The van der Waals surface area contributed by atoms with Gasteiger partial charge in [0, 0.05) is 28.8 Å². The van der Waals surface area contributed by atoms with Crippen LogP contribution in [0.2, 0.25) is 0 Å². The molecule has 0 N–H and O–H groups in total. The molecule has 1 nitrogen and oxygen atoms in total. The number of hydrogen-bond donors (Lipinski definition) is 0.